The molecule has 6 aromatic rings. The van der Waals surface area contributed by atoms with Crippen molar-refractivity contribution >= 4 is 41.3 Å². The number of nitrogens with zero attached hydrogens (tertiary/aromatic N) is 2. The van der Waals surface area contributed by atoms with Gasteiger partial charge in [0.15, 0.2) is 0 Å². The third-order valence-electron chi connectivity index (χ3n) is 12.0. The quantitative estimate of drug-likeness (QED) is 0.1000. The molecule has 1 aliphatic heterocycles. The summed E-state index contributed by atoms with van der Waals surface area (Å²) in [4.78, 5) is 46.6. The number of rotatable bonds is 13. The number of β-amino-alcohol motifs (C(OH)–C–C–N with tert-alkyl or cyclic N) is 1. The average molecular weight is 850 g/mol. The van der Waals surface area contributed by atoms with Gasteiger partial charge in [-0.25, -0.2) is 4.79 Å². The van der Waals surface area contributed by atoms with Crippen LogP contribution in [0.5, 0.6) is 0 Å². The highest BCUT2D eigenvalue weighted by Gasteiger charge is 2.53. The van der Waals surface area contributed by atoms with Crippen molar-refractivity contribution in [2.45, 2.75) is 60.4 Å². The summed E-state index contributed by atoms with van der Waals surface area (Å²) in [5.74, 6) is -1.35. The number of carboxylic acid groups (broad SMARTS) is 1. The Bertz CT molecular complexity index is 2360. The Morgan fingerprint density at radius 1 is 0.738 bits per heavy atom. The number of hydrogen-bond donors (Lipinski definition) is 3. The predicted octanol–water partition coefficient (Wildman–Crippen LogP) is 9.58. The van der Waals surface area contributed by atoms with Crippen molar-refractivity contribution in [1.82, 2.24) is 15.1 Å². The first kappa shape index (κ1) is 41.8. The van der Waals surface area contributed by atoms with Gasteiger partial charge in [0, 0.05) is 41.7 Å². The number of amides is 3. The second-order valence-electron chi connectivity index (χ2n) is 16.3. The van der Waals surface area contributed by atoms with Crippen LogP contribution < -0.4 is 5.32 Å². The fourth-order valence-corrected chi connectivity index (χ4v) is 11.3. The molecular formula is C51H48ClN3O5S. The second kappa shape index (κ2) is 17.6. The van der Waals surface area contributed by atoms with Gasteiger partial charge >= 0.3 is 6.09 Å². The van der Waals surface area contributed by atoms with E-state index in [4.69, 9.17) is 11.6 Å². The summed E-state index contributed by atoms with van der Waals surface area (Å²) >= 11 is 7.62. The summed E-state index contributed by atoms with van der Waals surface area (Å²) in [6, 6.07) is 51.0. The Morgan fingerprint density at radius 2 is 1.21 bits per heavy atom. The molecule has 3 amide bonds. The molecule has 1 saturated heterocycles. The number of aliphatic hydroxyl groups excluding tert-OH is 1. The largest absolute Gasteiger partial charge is 0.465 e. The van der Waals surface area contributed by atoms with E-state index in [-0.39, 0.29) is 32.0 Å². The fraction of sp³-hybridized carbons (Fsp3) is 0.235. The van der Waals surface area contributed by atoms with Crippen molar-refractivity contribution in [2.75, 3.05) is 13.1 Å². The standard InChI is InChI=1S/C51H48ClN3O5S/c1-50(2,61-51(35-16-6-3-7-17-35,36-18-8-4-9-19-36)37-20-10-5-11-21-37)46(48(58)54-32-39(56)30-45(54)47(57)53-31-34-26-28-38(52)29-27-34)55(49(59)60)33-44-42-24-14-12-22-40(42)41-23-13-15-25-43(41)44/h3-29,39,44-46,56H,30-33H2,1-2H3,(H,53,57)(H,59,60)/t39-,45+,46?/m1/s1. The minimum atomic E-state index is -1.33. The van der Waals surface area contributed by atoms with E-state index in [2.05, 4.69) is 53.8 Å². The number of likely N-dealkylation sites (tertiary alicyclic amines) is 1. The third kappa shape index (κ3) is 8.30. The average Bonchev–Trinajstić information content (AvgIpc) is 3.83. The number of halogens is 1. The Balaban J connectivity index is 1.26. The van der Waals surface area contributed by atoms with Crippen molar-refractivity contribution in [2.24, 2.45) is 0 Å². The molecule has 0 radical (unpaired) electrons. The Labute approximate surface area is 366 Å². The van der Waals surface area contributed by atoms with Crippen molar-refractivity contribution in [1.29, 1.82) is 0 Å². The zero-order valence-corrected chi connectivity index (χ0v) is 35.6. The Kier molecular flexibility index (Phi) is 12.1. The van der Waals surface area contributed by atoms with E-state index in [9.17, 15) is 19.8 Å². The molecule has 1 aliphatic carbocycles. The van der Waals surface area contributed by atoms with E-state index in [0.29, 0.717) is 5.02 Å². The van der Waals surface area contributed by atoms with Crippen LogP contribution in [0.2, 0.25) is 5.02 Å². The van der Waals surface area contributed by atoms with Gasteiger partial charge in [0.1, 0.15) is 12.1 Å². The van der Waals surface area contributed by atoms with Gasteiger partial charge in [-0.3, -0.25) is 14.5 Å². The predicted molar refractivity (Wildman–Crippen MR) is 243 cm³/mol. The maximum absolute atomic E-state index is 15.8. The smallest absolute Gasteiger partial charge is 0.408 e. The molecule has 0 saturated carbocycles. The number of aliphatic hydroxyl groups is 1. The van der Waals surface area contributed by atoms with Crippen molar-refractivity contribution in [3.8, 4) is 11.1 Å². The lowest BCUT2D eigenvalue weighted by molar-refractivity contribution is -0.143. The summed E-state index contributed by atoms with van der Waals surface area (Å²) in [5, 5.41) is 26.2. The van der Waals surface area contributed by atoms with Crippen molar-refractivity contribution < 1.29 is 24.6 Å². The van der Waals surface area contributed by atoms with Gasteiger partial charge in [0.2, 0.25) is 11.8 Å². The van der Waals surface area contributed by atoms with Gasteiger partial charge in [-0.15, -0.1) is 11.8 Å². The molecule has 61 heavy (non-hydrogen) atoms. The molecule has 2 aliphatic rings. The molecule has 310 valence electrons. The maximum atomic E-state index is 15.8. The number of thioether (sulfide) groups is 1. The van der Waals surface area contributed by atoms with E-state index in [1.165, 1.54) is 21.6 Å². The van der Waals surface area contributed by atoms with Crippen LogP contribution in [-0.2, 0) is 20.9 Å². The number of fused-ring (bicyclic) bond motifs is 3. The number of carbonyl (C=O) groups is 3. The third-order valence-corrected chi connectivity index (χ3v) is 14.0. The van der Waals surface area contributed by atoms with Gasteiger partial charge in [-0.05, 0) is 70.5 Å². The molecule has 0 aromatic heterocycles. The summed E-state index contributed by atoms with van der Waals surface area (Å²) in [6.45, 7) is 3.89. The van der Waals surface area contributed by atoms with E-state index in [1.54, 1.807) is 12.1 Å². The number of nitrogens with one attached hydrogen (secondary N) is 1. The number of hydrogen-bond acceptors (Lipinski definition) is 5. The zero-order chi connectivity index (χ0) is 42.7. The van der Waals surface area contributed by atoms with Crippen molar-refractivity contribution in [3.05, 3.63) is 202 Å². The summed E-state index contributed by atoms with van der Waals surface area (Å²) < 4.78 is -2.12. The Morgan fingerprint density at radius 3 is 1.70 bits per heavy atom. The summed E-state index contributed by atoms with van der Waals surface area (Å²) in [6.07, 6.45) is -2.24. The minimum Gasteiger partial charge on any atom is -0.465 e. The Hall–Kier alpha value is -5.87. The van der Waals surface area contributed by atoms with E-state index in [0.717, 1.165) is 44.5 Å². The topological polar surface area (TPSA) is 110 Å². The van der Waals surface area contributed by atoms with E-state index in [1.807, 2.05) is 117 Å². The van der Waals surface area contributed by atoms with Crippen molar-refractivity contribution in [3.63, 3.8) is 0 Å². The SMILES string of the molecule is CC(C)(SC(c1ccccc1)(c1ccccc1)c1ccccc1)C(C(=O)N1C[C@H](O)C[C@H]1C(=O)NCc1ccc(Cl)cc1)N(CC1c2ccccc2-c2ccccc21)C(=O)O. The highest BCUT2D eigenvalue weighted by molar-refractivity contribution is 8.02. The van der Waals surface area contributed by atoms with Gasteiger partial charge in [-0.1, -0.05) is 163 Å². The molecule has 10 heteroatoms. The first-order valence-corrected chi connectivity index (χ1v) is 21.7. The summed E-state index contributed by atoms with van der Waals surface area (Å²) in [5.41, 5.74) is 7.69. The van der Waals surface area contributed by atoms with E-state index < -0.39 is 45.6 Å². The number of carbonyl (C=O) groups excluding carboxylic acids is 2. The normalized spacial score (nSPS) is 16.7. The molecule has 8 nitrogen and oxygen atoms in total. The molecule has 3 atom stereocenters. The van der Waals surface area contributed by atoms with Crippen LogP contribution in [0.15, 0.2) is 164 Å². The first-order valence-electron chi connectivity index (χ1n) is 20.5. The maximum Gasteiger partial charge on any atom is 0.408 e. The highest BCUT2D eigenvalue weighted by Crippen LogP contribution is 2.55. The van der Waals surface area contributed by atoms with Crippen LogP contribution in [-0.4, -0.2) is 73.9 Å². The van der Waals surface area contributed by atoms with Crippen LogP contribution in [0.3, 0.4) is 0 Å². The lowest BCUT2D eigenvalue weighted by Gasteiger charge is -2.47. The van der Waals surface area contributed by atoms with E-state index >= 15 is 4.79 Å². The van der Waals surface area contributed by atoms with Crippen LogP contribution in [0.25, 0.3) is 11.1 Å². The van der Waals surface area contributed by atoms with Crippen LogP contribution in [0.1, 0.15) is 59.6 Å². The van der Waals surface area contributed by atoms with Crippen LogP contribution in [0.4, 0.5) is 4.79 Å². The molecule has 1 unspecified atom stereocenters. The summed E-state index contributed by atoms with van der Waals surface area (Å²) in [7, 11) is 0. The molecule has 6 aromatic carbocycles. The van der Waals surface area contributed by atoms with Gasteiger partial charge in [-0.2, -0.15) is 0 Å². The molecule has 0 spiro atoms. The lowest BCUT2D eigenvalue weighted by Crippen LogP contribution is -2.62. The van der Waals surface area contributed by atoms with Crippen LogP contribution >= 0.6 is 23.4 Å². The molecule has 1 fully saturated rings. The van der Waals surface area contributed by atoms with Crippen LogP contribution in [0, 0.1) is 0 Å². The number of benzene rings is 6. The second-order valence-corrected chi connectivity index (χ2v) is 18.6. The minimum absolute atomic E-state index is 0.0108. The molecule has 8 rings (SSSR count). The molecule has 0 bridgehead atoms. The van der Waals surface area contributed by atoms with Gasteiger partial charge < -0.3 is 20.4 Å². The fourth-order valence-electron chi connectivity index (χ4n) is 9.27. The lowest BCUT2D eigenvalue weighted by atomic mass is 9.84. The van der Waals surface area contributed by atoms with Gasteiger partial charge in [0.25, 0.3) is 0 Å². The first-order chi connectivity index (χ1) is 29.5. The molecule has 3 N–H and O–H groups in total. The molecular weight excluding hydrogens is 802 g/mol. The molecule has 1 heterocycles. The van der Waals surface area contributed by atoms with Gasteiger partial charge in [0.05, 0.1) is 10.9 Å². The highest BCUT2D eigenvalue weighted by atomic mass is 35.5. The zero-order valence-electron chi connectivity index (χ0n) is 34.0. The monoisotopic (exact) mass is 849 g/mol.